The average molecular weight is 345 g/mol. The summed E-state index contributed by atoms with van der Waals surface area (Å²) in [6.07, 6.45) is 4.00. The molecule has 0 aromatic heterocycles. The van der Waals surface area contributed by atoms with E-state index in [2.05, 4.69) is 15.5 Å². The van der Waals surface area contributed by atoms with Crippen LogP contribution in [0.5, 0.6) is 0 Å². The maximum Gasteiger partial charge on any atom is 0.294 e. The summed E-state index contributed by atoms with van der Waals surface area (Å²) in [7, 11) is 0. The van der Waals surface area contributed by atoms with E-state index in [1.807, 2.05) is 6.92 Å². The molecule has 2 fully saturated rings. The lowest BCUT2D eigenvalue weighted by molar-refractivity contribution is -0.759. The normalized spacial score (nSPS) is 28.7. The van der Waals surface area contributed by atoms with Crippen LogP contribution in [-0.4, -0.2) is 41.2 Å². The van der Waals surface area contributed by atoms with Gasteiger partial charge in [-0.15, -0.1) is 10.1 Å². The minimum atomic E-state index is -0.738. The Kier molecular flexibility index (Phi) is 6.49. The Balaban J connectivity index is 1.63. The third-order valence-corrected chi connectivity index (χ3v) is 5.57. The molecular formula is C14H23N3O5S. The van der Waals surface area contributed by atoms with Crippen LogP contribution in [0.1, 0.15) is 32.6 Å². The van der Waals surface area contributed by atoms with Crippen molar-refractivity contribution in [1.29, 1.82) is 0 Å². The molecule has 23 heavy (non-hydrogen) atoms. The second kappa shape index (κ2) is 8.37. The van der Waals surface area contributed by atoms with Crippen LogP contribution in [0.25, 0.3) is 0 Å². The van der Waals surface area contributed by atoms with Crippen molar-refractivity contribution in [2.45, 2.75) is 38.6 Å². The molecule has 2 N–H and O–H groups in total. The minimum Gasteiger partial charge on any atom is -0.354 e. The molecule has 2 rings (SSSR count). The van der Waals surface area contributed by atoms with Gasteiger partial charge in [-0.05, 0) is 43.4 Å². The standard InChI is InChI=1S/C14H23N3O5S/c1-9(7-22-17(20)21)11-4-2-10(3-5-11)6-15-13(18)12-8-23-14(19)16-12/h9-12H,2-8H2,1H3,(H,15,18)(H,16,19)/t9?,10?,11?,12-/m0/s1. The number of rotatable bonds is 7. The highest BCUT2D eigenvalue weighted by Gasteiger charge is 2.29. The maximum absolute atomic E-state index is 11.9. The highest BCUT2D eigenvalue weighted by molar-refractivity contribution is 8.14. The van der Waals surface area contributed by atoms with Crippen molar-refractivity contribution in [3.8, 4) is 0 Å². The van der Waals surface area contributed by atoms with Crippen molar-refractivity contribution in [3.63, 3.8) is 0 Å². The molecule has 0 radical (unpaired) electrons. The smallest absolute Gasteiger partial charge is 0.294 e. The highest BCUT2D eigenvalue weighted by atomic mass is 32.2. The topological polar surface area (TPSA) is 111 Å². The average Bonchev–Trinajstić information content (AvgIpc) is 2.97. The quantitative estimate of drug-likeness (QED) is 0.535. The molecule has 1 unspecified atom stereocenters. The Labute approximate surface area is 139 Å². The van der Waals surface area contributed by atoms with Crippen molar-refractivity contribution in [2.75, 3.05) is 18.9 Å². The molecule has 2 aliphatic rings. The number of thioether (sulfide) groups is 1. The van der Waals surface area contributed by atoms with Crippen LogP contribution in [0, 0.1) is 27.9 Å². The molecule has 130 valence electrons. The second-order valence-electron chi connectivity index (χ2n) is 6.32. The molecule has 0 aromatic carbocycles. The zero-order valence-electron chi connectivity index (χ0n) is 13.2. The van der Waals surface area contributed by atoms with Gasteiger partial charge in [0, 0.05) is 12.3 Å². The Morgan fingerprint density at radius 3 is 2.74 bits per heavy atom. The summed E-state index contributed by atoms with van der Waals surface area (Å²) in [4.78, 5) is 37.7. The monoisotopic (exact) mass is 345 g/mol. The summed E-state index contributed by atoms with van der Waals surface area (Å²) in [6.45, 7) is 2.76. The maximum atomic E-state index is 11.9. The van der Waals surface area contributed by atoms with Crippen LogP contribution in [0.3, 0.4) is 0 Å². The lowest BCUT2D eigenvalue weighted by Gasteiger charge is -2.32. The van der Waals surface area contributed by atoms with E-state index in [-0.39, 0.29) is 23.7 Å². The van der Waals surface area contributed by atoms with Gasteiger partial charge in [0.05, 0.1) is 6.61 Å². The van der Waals surface area contributed by atoms with Crippen molar-refractivity contribution in [1.82, 2.24) is 10.6 Å². The molecule has 1 aliphatic carbocycles. The second-order valence-corrected chi connectivity index (χ2v) is 7.31. The van der Waals surface area contributed by atoms with Crippen LogP contribution in [0.15, 0.2) is 0 Å². The van der Waals surface area contributed by atoms with E-state index in [1.165, 1.54) is 0 Å². The van der Waals surface area contributed by atoms with Gasteiger partial charge in [-0.25, -0.2) is 0 Å². The van der Waals surface area contributed by atoms with Gasteiger partial charge in [0.1, 0.15) is 6.04 Å². The van der Waals surface area contributed by atoms with Gasteiger partial charge in [0.15, 0.2) is 0 Å². The van der Waals surface area contributed by atoms with E-state index in [0.717, 1.165) is 37.4 Å². The third kappa shape index (κ3) is 5.56. The number of nitrogens with one attached hydrogen (secondary N) is 2. The Hall–Kier alpha value is -1.51. The molecule has 1 aliphatic heterocycles. The first-order chi connectivity index (χ1) is 11.0. The molecular weight excluding hydrogens is 322 g/mol. The van der Waals surface area contributed by atoms with Crippen molar-refractivity contribution in [2.24, 2.45) is 17.8 Å². The Bertz CT molecular complexity index is 454. The SMILES string of the molecule is CC(CO[N+](=O)[O-])C1CCC(CNC(=O)[C@@H]2CSC(=O)N2)CC1. The van der Waals surface area contributed by atoms with Crippen molar-refractivity contribution in [3.05, 3.63) is 10.1 Å². The summed E-state index contributed by atoms with van der Waals surface area (Å²) in [5.41, 5.74) is 0. The van der Waals surface area contributed by atoms with Crippen LogP contribution >= 0.6 is 11.8 Å². The lowest BCUT2D eigenvalue weighted by atomic mass is 9.76. The molecule has 9 heteroatoms. The van der Waals surface area contributed by atoms with Gasteiger partial charge in [0.25, 0.3) is 10.3 Å². The molecule has 0 spiro atoms. The van der Waals surface area contributed by atoms with Crippen molar-refractivity contribution >= 4 is 22.9 Å². The van der Waals surface area contributed by atoms with Gasteiger partial charge in [0.2, 0.25) is 5.91 Å². The van der Waals surface area contributed by atoms with Gasteiger partial charge in [-0.2, -0.15) is 0 Å². The molecule has 2 amide bonds. The van der Waals surface area contributed by atoms with Gasteiger partial charge in [-0.3, -0.25) is 9.59 Å². The minimum absolute atomic E-state index is 0.113. The molecule has 1 heterocycles. The van der Waals surface area contributed by atoms with Crippen molar-refractivity contribution < 1.29 is 19.5 Å². The van der Waals surface area contributed by atoms with Gasteiger partial charge in [-0.1, -0.05) is 18.7 Å². The van der Waals surface area contributed by atoms with Gasteiger partial charge < -0.3 is 15.5 Å². The fourth-order valence-electron chi connectivity index (χ4n) is 3.17. The van der Waals surface area contributed by atoms with Crippen LogP contribution in [0.2, 0.25) is 0 Å². The fraction of sp³-hybridized carbons (Fsp3) is 0.857. The lowest BCUT2D eigenvalue weighted by Crippen LogP contribution is -2.44. The van der Waals surface area contributed by atoms with E-state index in [1.54, 1.807) is 0 Å². The fourth-order valence-corrected chi connectivity index (χ4v) is 3.95. The summed E-state index contributed by atoms with van der Waals surface area (Å²) < 4.78 is 0. The molecule has 0 aromatic rings. The van der Waals surface area contributed by atoms with E-state index >= 15 is 0 Å². The molecule has 2 atom stereocenters. The van der Waals surface area contributed by atoms with Gasteiger partial charge >= 0.3 is 0 Å². The number of amides is 2. The number of hydrogen-bond acceptors (Lipinski definition) is 6. The van der Waals surface area contributed by atoms with E-state index in [0.29, 0.717) is 24.1 Å². The first kappa shape index (κ1) is 17.8. The summed E-state index contributed by atoms with van der Waals surface area (Å²) in [5.74, 6) is 1.42. The first-order valence-electron chi connectivity index (χ1n) is 7.94. The zero-order chi connectivity index (χ0) is 16.8. The first-order valence-corrected chi connectivity index (χ1v) is 8.92. The summed E-state index contributed by atoms with van der Waals surface area (Å²) in [5, 5.41) is 14.9. The van der Waals surface area contributed by atoms with E-state index in [9.17, 15) is 19.7 Å². The predicted octanol–water partition coefficient (Wildman–Crippen LogP) is 1.58. The summed E-state index contributed by atoms with van der Waals surface area (Å²) in [6, 6.07) is -0.414. The molecule has 8 nitrogen and oxygen atoms in total. The third-order valence-electron chi connectivity index (χ3n) is 4.69. The number of nitrogens with zero attached hydrogens (tertiary/aromatic N) is 1. The Morgan fingerprint density at radius 2 is 2.17 bits per heavy atom. The zero-order valence-corrected chi connectivity index (χ0v) is 14.0. The number of carbonyl (C=O) groups excluding carboxylic acids is 2. The van der Waals surface area contributed by atoms with E-state index < -0.39 is 11.1 Å². The van der Waals surface area contributed by atoms with Crippen LogP contribution in [-0.2, 0) is 9.63 Å². The molecule has 0 bridgehead atoms. The number of carbonyl (C=O) groups is 2. The van der Waals surface area contributed by atoms with Crippen LogP contribution < -0.4 is 10.6 Å². The largest absolute Gasteiger partial charge is 0.354 e. The highest BCUT2D eigenvalue weighted by Crippen LogP contribution is 2.33. The molecule has 1 saturated carbocycles. The number of hydrogen-bond donors (Lipinski definition) is 2. The summed E-state index contributed by atoms with van der Waals surface area (Å²) >= 11 is 1.13. The molecule has 1 saturated heterocycles. The Morgan fingerprint density at radius 1 is 1.48 bits per heavy atom. The van der Waals surface area contributed by atoms with E-state index in [4.69, 9.17) is 0 Å². The predicted molar refractivity (Wildman–Crippen MR) is 85.3 cm³/mol. The van der Waals surface area contributed by atoms with Crippen LogP contribution in [0.4, 0.5) is 4.79 Å².